The summed E-state index contributed by atoms with van der Waals surface area (Å²) >= 11 is 1.69. The van der Waals surface area contributed by atoms with Gasteiger partial charge in [0.25, 0.3) is 0 Å². The van der Waals surface area contributed by atoms with Crippen molar-refractivity contribution in [3.8, 4) is 5.75 Å². The summed E-state index contributed by atoms with van der Waals surface area (Å²) < 4.78 is 29.4. The molecule has 1 aromatic heterocycles. The maximum Gasteiger partial charge on any atom is 0.237 e. The number of thiophene rings is 1. The van der Waals surface area contributed by atoms with Crippen molar-refractivity contribution < 1.29 is 28.5 Å². The second kappa shape index (κ2) is 13.0. The number of aliphatic hydroxyl groups is 1. The maximum absolute atomic E-state index is 13.4. The van der Waals surface area contributed by atoms with E-state index in [0.717, 1.165) is 18.4 Å². The van der Waals surface area contributed by atoms with Crippen LogP contribution in [0.2, 0.25) is 0 Å². The normalized spacial score (nSPS) is 16.6. The number of halogens is 1. The lowest BCUT2D eigenvalue weighted by molar-refractivity contribution is -0.136. The van der Waals surface area contributed by atoms with Crippen molar-refractivity contribution in [1.82, 2.24) is 9.80 Å². The van der Waals surface area contributed by atoms with Gasteiger partial charge in [0.2, 0.25) is 5.91 Å². The fourth-order valence-electron chi connectivity index (χ4n) is 4.07. The molecule has 1 aliphatic heterocycles. The van der Waals surface area contributed by atoms with Crippen LogP contribution in [0.25, 0.3) is 0 Å². The number of methoxy groups -OCH3 is 2. The molecule has 0 saturated carbocycles. The summed E-state index contributed by atoms with van der Waals surface area (Å²) in [5.74, 6) is 0.234. The minimum Gasteiger partial charge on any atom is -0.491 e. The van der Waals surface area contributed by atoms with Crippen molar-refractivity contribution in [2.24, 2.45) is 0 Å². The average Bonchev–Trinajstić information content (AvgIpc) is 3.28. The van der Waals surface area contributed by atoms with Crippen LogP contribution in [0.1, 0.15) is 22.9 Å². The van der Waals surface area contributed by atoms with E-state index in [-0.39, 0.29) is 37.5 Å². The summed E-state index contributed by atoms with van der Waals surface area (Å²) in [5.41, 5.74) is 1.10. The molecule has 3 rings (SSSR count). The SMILES string of the molecule is COCCCN(CC(=O)N1CCc2sccc2[C@H]1COc1ccc(F)cc1)C[C@@H](O)COC. The number of fused-ring (bicyclic) bond motifs is 1. The number of amides is 1. The number of aliphatic hydroxyl groups excluding tert-OH is 1. The number of nitrogens with zero attached hydrogens (tertiary/aromatic N) is 2. The molecule has 0 spiro atoms. The summed E-state index contributed by atoms with van der Waals surface area (Å²) in [6, 6.07) is 7.73. The molecule has 33 heavy (non-hydrogen) atoms. The highest BCUT2D eigenvalue weighted by Crippen LogP contribution is 2.34. The van der Waals surface area contributed by atoms with Gasteiger partial charge < -0.3 is 24.2 Å². The van der Waals surface area contributed by atoms with Crippen LogP contribution in [-0.2, 0) is 20.7 Å². The maximum atomic E-state index is 13.4. The molecule has 0 fully saturated rings. The van der Waals surface area contributed by atoms with Gasteiger partial charge in [-0.2, -0.15) is 0 Å². The molecule has 2 atom stereocenters. The van der Waals surface area contributed by atoms with E-state index >= 15 is 0 Å². The highest BCUT2D eigenvalue weighted by Gasteiger charge is 2.33. The number of ether oxygens (including phenoxy) is 3. The quantitative estimate of drug-likeness (QED) is 0.445. The molecular formula is C24H33FN2O5S. The van der Waals surface area contributed by atoms with Crippen molar-refractivity contribution in [1.29, 1.82) is 0 Å². The topological polar surface area (TPSA) is 71.5 Å². The number of carbonyl (C=O) groups excluding carboxylic acids is 1. The minimum atomic E-state index is -0.673. The summed E-state index contributed by atoms with van der Waals surface area (Å²) in [7, 11) is 3.19. The van der Waals surface area contributed by atoms with Gasteiger partial charge >= 0.3 is 0 Å². The molecule has 0 unspecified atom stereocenters. The van der Waals surface area contributed by atoms with Crippen LogP contribution >= 0.6 is 11.3 Å². The number of hydrogen-bond acceptors (Lipinski definition) is 7. The number of hydrogen-bond donors (Lipinski definition) is 1. The lowest BCUT2D eigenvalue weighted by Crippen LogP contribution is -2.48. The Balaban J connectivity index is 1.69. The molecule has 2 heterocycles. The van der Waals surface area contributed by atoms with Gasteiger partial charge in [0, 0.05) is 45.3 Å². The second-order valence-corrected chi connectivity index (χ2v) is 9.11. The lowest BCUT2D eigenvalue weighted by atomic mass is 10.0. The van der Waals surface area contributed by atoms with E-state index in [9.17, 15) is 14.3 Å². The van der Waals surface area contributed by atoms with Crippen molar-refractivity contribution in [3.05, 3.63) is 52.0 Å². The molecule has 1 amide bonds. The van der Waals surface area contributed by atoms with Crippen molar-refractivity contribution in [2.75, 3.05) is 60.2 Å². The molecule has 2 aromatic rings. The largest absolute Gasteiger partial charge is 0.491 e. The van der Waals surface area contributed by atoms with Gasteiger partial charge in [-0.25, -0.2) is 4.39 Å². The molecule has 9 heteroatoms. The predicted octanol–water partition coefficient (Wildman–Crippen LogP) is 2.74. The summed E-state index contributed by atoms with van der Waals surface area (Å²) in [4.78, 5) is 18.5. The van der Waals surface area contributed by atoms with Crippen molar-refractivity contribution in [3.63, 3.8) is 0 Å². The van der Waals surface area contributed by atoms with Crippen LogP contribution in [-0.4, -0.2) is 87.1 Å². The zero-order valence-electron chi connectivity index (χ0n) is 19.2. The van der Waals surface area contributed by atoms with E-state index in [1.165, 1.54) is 17.0 Å². The number of carbonyl (C=O) groups is 1. The average molecular weight is 481 g/mol. The first-order valence-electron chi connectivity index (χ1n) is 11.1. The van der Waals surface area contributed by atoms with E-state index in [0.29, 0.717) is 32.0 Å². The Morgan fingerprint density at radius 1 is 1.27 bits per heavy atom. The van der Waals surface area contributed by atoms with Gasteiger partial charge in [0.1, 0.15) is 18.2 Å². The third-order valence-corrected chi connectivity index (χ3v) is 6.64. The Morgan fingerprint density at radius 3 is 2.79 bits per heavy atom. The van der Waals surface area contributed by atoms with Crippen molar-refractivity contribution in [2.45, 2.75) is 25.0 Å². The van der Waals surface area contributed by atoms with Gasteiger partial charge in [-0.05, 0) is 54.1 Å². The zero-order chi connectivity index (χ0) is 23.6. The fourth-order valence-corrected chi connectivity index (χ4v) is 5.00. The molecule has 182 valence electrons. The monoisotopic (exact) mass is 480 g/mol. The highest BCUT2D eigenvalue weighted by molar-refractivity contribution is 7.10. The molecular weight excluding hydrogens is 447 g/mol. The molecule has 0 bridgehead atoms. The van der Waals surface area contributed by atoms with Gasteiger partial charge in [-0.1, -0.05) is 0 Å². The van der Waals surface area contributed by atoms with Gasteiger partial charge in [0.15, 0.2) is 0 Å². The van der Waals surface area contributed by atoms with Crippen LogP contribution in [0.4, 0.5) is 4.39 Å². The Labute approximate surface area is 198 Å². The van der Waals surface area contributed by atoms with E-state index in [1.54, 1.807) is 37.7 Å². The fraction of sp³-hybridized carbons (Fsp3) is 0.542. The van der Waals surface area contributed by atoms with Crippen LogP contribution in [0, 0.1) is 5.82 Å². The van der Waals surface area contributed by atoms with Crippen LogP contribution < -0.4 is 4.74 Å². The molecule has 0 aliphatic carbocycles. The van der Waals surface area contributed by atoms with Gasteiger partial charge in [-0.3, -0.25) is 9.69 Å². The third kappa shape index (κ3) is 7.48. The summed E-state index contributed by atoms with van der Waals surface area (Å²) in [6.45, 7) is 2.86. The molecule has 0 saturated heterocycles. The minimum absolute atomic E-state index is 0.0124. The second-order valence-electron chi connectivity index (χ2n) is 8.11. The van der Waals surface area contributed by atoms with Gasteiger partial charge in [0.05, 0.1) is 25.3 Å². The Kier molecular flexibility index (Phi) is 10.1. The molecule has 1 N–H and O–H groups in total. The molecule has 0 radical (unpaired) electrons. The van der Waals surface area contributed by atoms with Crippen LogP contribution in [0.5, 0.6) is 5.75 Å². The summed E-state index contributed by atoms with van der Waals surface area (Å²) in [6.07, 6.45) is 0.893. The van der Waals surface area contributed by atoms with Crippen molar-refractivity contribution >= 4 is 17.2 Å². The zero-order valence-corrected chi connectivity index (χ0v) is 20.1. The molecule has 1 aliphatic rings. The Hall–Kier alpha value is -2.04. The first kappa shape index (κ1) is 25.6. The number of benzene rings is 1. The highest BCUT2D eigenvalue weighted by atomic mass is 32.1. The third-order valence-electron chi connectivity index (χ3n) is 5.65. The standard InChI is InChI=1S/C24H33FN2O5S/c1-30-12-3-10-26(14-19(28)16-31-2)15-24(29)27-11-8-23-21(9-13-33-23)22(27)17-32-20-6-4-18(25)5-7-20/h4-7,9,13,19,22,28H,3,8,10-12,14-17H2,1-2H3/t19-,22-/m1/s1. The van der Waals surface area contributed by atoms with E-state index < -0.39 is 6.10 Å². The van der Waals surface area contributed by atoms with E-state index in [1.807, 2.05) is 15.2 Å². The lowest BCUT2D eigenvalue weighted by Gasteiger charge is -2.37. The predicted molar refractivity (Wildman–Crippen MR) is 125 cm³/mol. The Bertz CT molecular complexity index is 863. The Morgan fingerprint density at radius 2 is 2.06 bits per heavy atom. The molecule has 1 aromatic carbocycles. The first-order chi connectivity index (χ1) is 16.0. The molecule has 7 nitrogen and oxygen atoms in total. The first-order valence-corrected chi connectivity index (χ1v) is 12.0. The smallest absolute Gasteiger partial charge is 0.237 e. The van der Waals surface area contributed by atoms with E-state index in [4.69, 9.17) is 14.2 Å². The van der Waals surface area contributed by atoms with Crippen LogP contribution in [0.15, 0.2) is 35.7 Å². The van der Waals surface area contributed by atoms with Gasteiger partial charge in [-0.15, -0.1) is 11.3 Å². The number of rotatable bonds is 13. The van der Waals surface area contributed by atoms with Crippen LogP contribution in [0.3, 0.4) is 0 Å². The summed E-state index contributed by atoms with van der Waals surface area (Å²) in [5, 5.41) is 12.3. The van der Waals surface area contributed by atoms with E-state index in [2.05, 4.69) is 6.07 Å².